The first-order valence-electron chi connectivity index (χ1n) is 13.4. The molecule has 0 spiro atoms. The van der Waals surface area contributed by atoms with Gasteiger partial charge in [0.15, 0.2) is 0 Å². The standard InChI is InChI=1S/C30H47NO/c1-4-6-8-10-11-13-15-21-27(20-14-12-9-7-5-2)30(32)31-25(3)28-24-18-22-26-19-16-17-23-29(26)28/h16-19,22-25,27H,4-15,20-21H2,1-3H3,(H,31,32). The van der Waals surface area contributed by atoms with E-state index in [1.54, 1.807) is 0 Å². The summed E-state index contributed by atoms with van der Waals surface area (Å²) in [5.41, 5.74) is 1.22. The van der Waals surface area contributed by atoms with Crippen LogP contribution in [-0.4, -0.2) is 5.91 Å². The van der Waals surface area contributed by atoms with Gasteiger partial charge < -0.3 is 5.32 Å². The SMILES string of the molecule is CCCCCCCCCC(CCCCCCC)C(=O)NC(C)c1cccc2ccccc12. The van der Waals surface area contributed by atoms with Crippen LogP contribution in [0.2, 0.25) is 0 Å². The van der Waals surface area contributed by atoms with Gasteiger partial charge in [0, 0.05) is 5.92 Å². The number of nitrogens with one attached hydrogen (secondary N) is 1. The minimum Gasteiger partial charge on any atom is -0.349 e. The van der Waals surface area contributed by atoms with Crippen molar-refractivity contribution in [3.05, 3.63) is 48.0 Å². The molecule has 2 aromatic carbocycles. The van der Waals surface area contributed by atoms with E-state index in [0.717, 1.165) is 12.8 Å². The molecule has 0 heterocycles. The summed E-state index contributed by atoms with van der Waals surface area (Å²) in [6.07, 6.45) is 17.5. The van der Waals surface area contributed by atoms with E-state index in [9.17, 15) is 4.79 Å². The van der Waals surface area contributed by atoms with Crippen LogP contribution >= 0.6 is 0 Å². The van der Waals surface area contributed by atoms with Crippen LogP contribution in [0.4, 0.5) is 0 Å². The molecule has 2 nitrogen and oxygen atoms in total. The summed E-state index contributed by atoms with van der Waals surface area (Å²) in [7, 11) is 0. The topological polar surface area (TPSA) is 29.1 Å². The van der Waals surface area contributed by atoms with E-state index >= 15 is 0 Å². The normalized spacial score (nSPS) is 13.2. The average Bonchev–Trinajstić information content (AvgIpc) is 2.81. The summed E-state index contributed by atoms with van der Waals surface area (Å²) in [5, 5.41) is 5.85. The van der Waals surface area contributed by atoms with Gasteiger partial charge in [-0.2, -0.15) is 0 Å². The van der Waals surface area contributed by atoms with E-state index in [4.69, 9.17) is 0 Å². The zero-order valence-corrected chi connectivity index (χ0v) is 21.0. The second-order valence-corrected chi connectivity index (χ2v) is 9.61. The zero-order valence-electron chi connectivity index (χ0n) is 21.0. The highest BCUT2D eigenvalue weighted by molar-refractivity contribution is 5.87. The molecule has 0 fully saturated rings. The maximum Gasteiger partial charge on any atom is 0.223 e. The molecule has 2 rings (SSSR count). The number of benzene rings is 2. The van der Waals surface area contributed by atoms with Crippen LogP contribution in [0.15, 0.2) is 42.5 Å². The summed E-state index contributed by atoms with van der Waals surface area (Å²) < 4.78 is 0. The highest BCUT2D eigenvalue weighted by atomic mass is 16.1. The van der Waals surface area contributed by atoms with Crippen molar-refractivity contribution in [2.75, 3.05) is 0 Å². The lowest BCUT2D eigenvalue weighted by Gasteiger charge is -2.22. The Kier molecular flexibility index (Phi) is 13.1. The minimum atomic E-state index is 0.0326. The highest BCUT2D eigenvalue weighted by Gasteiger charge is 2.20. The molecular formula is C30H47NO. The number of unbranched alkanes of at least 4 members (excludes halogenated alkanes) is 10. The number of hydrogen-bond acceptors (Lipinski definition) is 1. The van der Waals surface area contributed by atoms with Gasteiger partial charge in [0.25, 0.3) is 0 Å². The molecule has 178 valence electrons. The van der Waals surface area contributed by atoms with Crippen LogP contribution in [0, 0.1) is 5.92 Å². The van der Waals surface area contributed by atoms with Gasteiger partial charge in [-0.3, -0.25) is 4.79 Å². The Hall–Kier alpha value is -1.83. The Bertz CT molecular complexity index is 763. The van der Waals surface area contributed by atoms with E-state index in [2.05, 4.69) is 68.6 Å². The third-order valence-electron chi connectivity index (χ3n) is 6.83. The molecule has 1 N–H and O–H groups in total. The van der Waals surface area contributed by atoms with Gasteiger partial charge in [0.05, 0.1) is 6.04 Å². The van der Waals surface area contributed by atoms with E-state index in [-0.39, 0.29) is 17.9 Å². The first kappa shape index (κ1) is 26.4. The van der Waals surface area contributed by atoms with Gasteiger partial charge in [0.1, 0.15) is 0 Å². The van der Waals surface area contributed by atoms with Crippen molar-refractivity contribution in [1.29, 1.82) is 0 Å². The lowest BCUT2D eigenvalue weighted by Crippen LogP contribution is -2.33. The number of carbonyl (C=O) groups excluding carboxylic acids is 1. The number of amides is 1. The summed E-state index contributed by atoms with van der Waals surface area (Å²) in [4.78, 5) is 13.3. The predicted octanol–water partition coefficient (Wildman–Crippen LogP) is 9.13. The smallest absolute Gasteiger partial charge is 0.223 e. The molecule has 0 aliphatic heterocycles. The van der Waals surface area contributed by atoms with Crippen LogP contribution in [0.25, 0.3) is 10.8 Å². The Morgan fingerprint density at radius 2 is 1.25 bits per heavy atom. The van der Waals surface area contributed by atoms with Crippen LogP contribution in [0.5, 0.6) is 0 Å². The van der Waals surface area contributed by atoms with Crippen LogP contribution < -0.4 is 5.32 Å². The molecule has 2 aromatic rings. The lowest BCUT2D eigenvalue weighted by atomic mass is 9.92. The summed E-state index contributed by atoms with van der Waals surface area (Å²) >= 11 is 0. The molecule has 0 saturated heterocycles. The van der Waals surface area contributed by atoms with E-state index in [1.165, 1.54) is 93.4 Å². The fourth-order valence-electron chi connectivity index (χ4n) is 4.79. The van der Waals surface area contributed by atoms with Crippen molar-refractivity contribution < 1.29 is 4.79 Å². The maximum atomic E-state index is 13.3. The summed E-state index contributed by atoms with van der Waals surface area (Å²) in [5.74, 6) is 0.414. The molecule has 0 bridgehead atoms. The maximum absolute atomic E-state index is 13.3. The predicted molar refractivity (Wildman–Crippen MR) is 140 cm³/mol. The molecule has 0 aliphatic rings. The number of fused-ring (bicyclic) bond motifs is 1. The monoisotopic (exact) mass is 437 g/mol. The fraction of sp³-hybridized carbons (Fsp3) is 0.633. The number of hydrogen-bond donors (Lipinski definition) is 1. The Balaban J connectivity index is 1.91. The van der Waals surface area contributed by atoms with Crippen LogP contribution in [-0.2, 0) is 4.79 Å². The molecule has 0 radical (unpaired) electrons. The Morgan fingerprint density at radius 1 is 0.719 bits per heavy atom. The summed E-state index contributed by atoms with van der Waals surface area (Å²) in [6, 6.07) is 14.9. The Morgan fingerprint density at radius 3 is 1.88 bits per heavy atom. The molecule has 2 heteroatoms. The third-order valence-corrected chi connectivity index (χ3v) is 6.83. The number of rotatable bonds is 17. The minimum absolute atomic E-state index is 0.0326. The van der Waals surface area contributed by atoms with Gasteiger partial charge >= 0.3 is 0 Å². The molecule has 0 aliphatic carbocycles. The van der Waals surface area contributed by atoms with Crippen molar-refractivity contribution in [3.63, 3.8) is 0 Å². The van der Waals surface area contributed by atoms with E-state index in [0.29, 0.717) is 0 Å². The molecular weight excluding hydrogens is 390 g/mol. The molecule has 2 unspecified atom stereocenters. The first-order chi connectivity index (χ1) is 15.7. The van der Waals surface area contributed by atoms with Gasteiger partial charge in [0.2, 0.25) is 5.91 Å². The zero-order chi connectivity index (χ0) is 23.0. The number of carbonyl (C=O) groups is 1. The molecule has 1 amide bonds. The quantitative estimate of drug-likeness (QED) is 0.246. The third kappa shape index (κ3) is 9.35. The van der Waals surface area contributed by atoms with Crippen molar-refractivity contribution in [3.8, 4) is 0 Å². The average molecular weight is 438 g/mol. The summed E-state index contributed by atoms with van der Waals surface area (Å²) in [6.45, 7) is 6.65. The molecule has 0 saturated carbocycles. The second kappa shape index (κ2) is 15.9. The Labute approximate surface area is 197 Å². The van der Waals surface area contributed by atoms with Gasteiger partial charge in [-0.1, -0.05) is 133 Å². The van der Waals surface area contributed by atoms with Crippen LogP contribution in [0.3, 0.4) is 0 Å². The van der Waals surface area contributed by atoms with Gasteiger partial charge in [-0.25, -0.2) is 0 Å². The largest absolute Gasteiger partial charge is 0.349 e. The van der Waals surface area contributed by atoms with E-state index < -0.39 is 0 Å². The lowest BCUT2D eigenvalue weighted by molar-refractivity contribution is -0.126. The van der Waals surface area contributed by atoms with Crippen molar-refractivity contribution in [2.45, 2.75) is 117 Å². The fourth-order valence-corrected chi connectivity index (χ4v) is 4.79. The highest BCUT2D eigenvalue weighted by Crippen LogP contribution is 2.26. The van der Waals surface area contributed by atoms with E-state index in [1.807, 2.05) is 0 Å². The van der Waals surface area contributed by atoms with Crippen molar-refractivity contribution in [1.82, 2.24) is 5.32 Å². The van der Waals surface area contributed by atoms with Crippen molar-refractivity contribution >= 4 is 16.7 Å². The van der Waals surface area contributed by atoms with Crippen LogP contribution in [0.1, 0.15) is 122 Å². The molecule has 2 atom stereocenters. The second-order valence-electron chi connectivity index (χ2n) is 9.61. The molecule has 0 aromatic heterocycles. The molecule has 32 heavy (non-hydrogen) atoms. The van der Waals surface area contributed by atoms with Gasteiger partial charge in [-0.05, 0) is 36.1 Å². The van der Waals surface area contributed by atoms with Crippen molar-refractivity contribution in [2.24, 2.45) is 5.92 Å². The van der Waals surface area contributed by atoms with Gasteiger partial charge in [-0.15, -0.1) is 0 Å². The first-order valence-corrected chi connectivity index (χ1v) is 13.4.